The van der Waals surface area contributed by atoms with Crippen LogP contribution in [0.1, 0.15) is 47.8 Å². The molecule has 1 heterocycles. The molecule has 1 N–H and O–H groups in total. The van der Waals surface area contributed by atoms with Crippen LogP contribution in [0.25, 0.3) is 6.08 Å². The van der Waals surface area contributed by atoms with Gasteiger partial charge in [0.25, 0.3) is 5.91 Å². The van der Waals surface area contributed by atoms with Crippen LogP contribution in [0.3, 0.4) is 0 Å². The summed E-state index contributed by atoms with van der Waals surface area (Å²) in [5.74, 6) is 0.174. The topological polar surface area (TPSA) is 88.4 Å². The molecule has 0 aliphatic heterocycles. The lowest BCUT2D eigenvalue weighted by Gasteiger charge is -2.29. The van der Waals surface area contributed by atoms with Crippen molar-refractivity contribution in [2.45, 2.75) is 38.6 Å². The van der Waals surface area contributed by atoms with Crippen molar-refractivity contribution < 1.29 is 19.1 Å². The van der Waals surface area contributed by atoms with Gasteiger partial charge in [-0.15, -0.1) is 11.3 Å². The molecule has 0 saturated heterocycles. The van der Waals surface area contributed by atoms with Crippen molar-refractivity contribution >= 4 is 29.3 Å². The second-order valence-electron chi connectivity index (χ2n) is 7.29. The van der Waals surface area contributed by atoms with E-state index in [1.54, 1.807) is 35.7 Å². The molecule has 2 atom stereocenters. The summed E-state index contributed by atoms with van der Waals surface area (Å²) < 4.78 is 10.7. The van der Waals surface area contributed by atoms with E-state index < -0.39 is 5.97 Å². The van der Waals surface area contributed by atoms with Gasteiger partial charge in [-0.3, -0.25) is 4.79 Å². The van der Waals surface area contributed by atoms with Crippen LogP contribution in [0.4, 0.5) is 0 Å². The monoisotopic (exact) mass is 424 g/mol. The molecule has 0 spiro atoms. The number of esters is 1. The molecule has 7 heteroatoms. The van der Waals surface area contributed by atoms with Crippen LogP contribution in [0.15, 0.2) is 41.3 Å². The van der Waals surface area contributed by atoms with E-state index in [0.717, 1.165) is 19.3 Å². The summed E-state index contributed by atoms with van der Waals surface area (Å²) in [7, 11) is 1.47. The lowest BCUT2D eigenvalue weighted by Crippen LogP contribution is -2.41. The van der Waals surface area contributed by atoms with Crippen molar-refractivity contribution in [2.24, 2.45) is 5.92 Å². The van der Waals surface area contributed by atoms with E-state index in [9.17, 15) is 14.9 Å². The molecule has 0 bridgehead atoms. The first-order chi connectivity index (χ1) is 14.5. The van der Waals surface area contributed by atoms with Gasteiger partial charge in [0, 0.05) is 6.04 Å². The minimum absolute atomic E-state index is 0.0261. The summed E-state index contributed by atoms with van der Waals surface area (Å²) in [6.07, 6.45) is 5.79. The number of amides is 1. The lowest BCUT2D eigenvalue weighted by molar-refractivity contribution is -0.118. The van der Waals surface area contributed by atoms with E-state index in [1.807, 2.05) is 6.07 Å². The molecule has 1 aliphatic rings. The average Bonchev–Trinajstić information content (AvgIpc) is 3.29. The van der Waals surface area contributed by atoms with Gasteiger partial charge in [0.1, 0.15) is 16.5 Å². The van der Waals surface area contributed by atoms with Crippen LogP contribution in [-0.4, -0.2) is 25.0 Å². The Balaban J connectivity index is 1.75. The van der Waals surface area contributed by atoms with Gasteiger partial charge < -0.3 is 14.8 Å². The van der Waals surface area contributed by atoms with Crippen molar-refractivity contribution in [1.29, 1.82) is 5.26 Å². The molecule has 0 radical (unpaired) electrons. The first-order valence-corrected chi connectivity index (χ1v) is 10.8. The number of carbonyl (C=O) groups excluding carboxylic acids is 2. The van der Waals surface area contributed by atoms with Gasteiger partial charge >= 0.3 is 5.97 Å². The number of hydrogen-bond donors (Lipinski definition) is 1. The first kappa shape index (κ1) is 21.6. The zero-order valence-electron chi connectivity index (χ0n) is 17.0. The Kier molecular flexibility index (Phi) is 7.26. The third kappa shape index (κ3) is 5.28. The largest absolute Gasteiger partial charge is 0.493 e. The molecular formula is C23H24N2O4S. The van der Waals surface area contributed by atoms with Gasteiger partial charge in [0.05, 0.1) is 7.11 Å². The minimum atomic E-state index is -0.467. The number of nitrogens with zero attached hydrogens (tertiary/aromatic N) is 1. The number of hydrogen-bond acceptors (Lipinski definition) is 6. The maximum Gasteiger partial charge on any atom is 0.353 e. The fraction of sp³-hybridized carbons (Fsp3) is 0.348. The predicted molar refractivity (Wildman–Crippen MR) is 115 cm³/mol. The fourth-order valence-corrected chi connectivity index (χ4v) is 4.09. The van der Waals surface area contributed by atoms with Crippen molar-refractivity contribution in [1.82, 2.24) is 5.32 Å². The van der Waals surface area contributed by atoms with Gasteiger partial charge in [0.15, 0.2) is 11.5 Å². The van der Waals surface area contributed by atoms with Crippen LogP contribution in [-0.2, 0) is 4.79 Å². The molecule has 1 saturated carbocycles. The Morgan fingerprint density at radius 3 is 2.70 bits per heavy atom. The van der Waals surface area contributed by atoms with Crippen LogP contribution >= 0.6 is 11.3 Å². The molecule has 30 heavy (non-hydrogen) atoms. The Labute approximate surface area is 180 Å². The quantitative estimate of drug-likeness (QED) is 0.317. The molecule has 1 amide bonds. The van der Waals surface area contributed by atoms with Crippen molar-refractivity contribution in [3.05, 3.63) is 51.7 Å². The van der Waals surface area contributed by atoms with E-state index in [2.05, 4.69) is 12.2 Å². The van der Waals surface area contributed by atoms with E-state index >= 15 is 0 Å². The molecule has 2 unspecified atom stereocenters. The summed E-state index contributed by atoms with van der Waals surface area (Å²) in [5.41, 5.74) is 0.629. The maximum absolute atomic E-state index is 12.6. The maximum atomic E-state index is 12.6. The van der Waals surface area contributed by atoms with Crippen molar-refractivity contribution in [3.63, 3.8) is 0 Å². The highest BCUT2D eigenvalue weighted by Crippen LogP contribution is 2.30. The summed E-state index contributed by atoms with van der Waals surface area (Å²) >= 11 is 1.29. The number of methoxy groups -OCH3 is 1. The van der Waals surface area contributed by atoms with Gasteiger partial charge in [-0.2, -0.15) is 5.26 Å². The zero-order valence-corrected chi connectivity index (χ0v) is 17.8. The second kappa shape index (κ2) is 10.1. The number of thiophene rings is 1. The first-order valence-electron chi connectivity index (χ1n) is 9.88. The van der Waals surface area contributed by atoms with Crippen LogP contribution in [0.5, 0.6) is 11.5 Å². The highest BCUT2D eigenvalue weighted by molar-refractivity contribution is 7.12. The minimum Gasteiger partial charge on any atom is -0.493 e. The standard InChI is InChI=1S/C23H24N2O4S/c1-15-6-3-4-7-18(15)25-22(26)17(14-24)12-16-9-10-19(20(13-16)28-2)29-23(27)21-8-5-11-30-21/h5,8-13,15,18H,3-4,6-7H2,1-2H3,(H,25,26). The van der Waals surface area contributed by atoms with E-state index in [1.165, 1.54) is 30.9 Å². The van der Waals surface area contributed by atoms with Gasteiger partial charge in [-0.05, 0) is 54.0 Å². The Hall–Kier alpha value is -3.11. The molecule has 1 aromatic heterocycles. The summed E-state index contributed by atoms with van der Waals surface area (Å²) in [6, 6.07) is 10.4. The smallest absolute Gasteiger partial charge is 0.353 e. The average molecular weight is 425 g/mol. The molecule has 1 aliphatic carbocycles. The molecule has 3 rings (SSSR count). The highest BCUT2D eigenvalue weighted by Gasteiger charge is 2.24. The SMILES string of the molecule is COc1cc(C=C(C#N)C(=O)NC2CCCCC2C)ccc1OC(=O)c1cccs1. The third-order valence-electron chi connectivity index (χ3n) is 5.22. The van der Waals surface area contributed by atoms with Gasteiger partial charge in [-0.25, -0.2) is 4.79 Å². The van der Waals surface area contributed by atoms with Crippen molar-refractivity contribution in [3.8, 4) is 17.6 Å². The van der Waals surface area contributed by atoms with Crippen molar-refractivity contribution in [2.75, 3.05) is 7.11 Å². The Morgan fingerprint density at radius 1 is 1.23 bits per heavy atom. The van der Waals surface area contributed by atoms with E-state index in [4.69, 9.17) is 9.47 Å². The van der Waals surface area contributed by atoms with Crippen LogP contribution in [0, 0.1) is 17.2 Å². The van der Waals surface area contributed by atoms with E-state index in [0.29, 0.717) is 22.1 Å². The Morgan fingerprint density at radius 2 is 2.03 bits per heavy atom. The highest BCUT2D eigenvalue weighted by atomic mass is 32.1. The molecular weight excluding hydrogens is 400 g/mol. The molecule has 6 nitrogen and oxygen atoms in total. The van der Waals surface area contributed by atoms with Gasteiger partial charge in [-0.1, -0.05) is 31.9 Å². The fourth-order valence-electron chi connectivity index (χ4n) is 3.50. The summed E-state index contributed by atoms with van der Waals surface area (Å²) in [4.78, 5) is 25.3. The molecule has 156 valence electrons. The molecule has 2 aromatic rings. The normalized spacial score (nSPS) is 18.9. The Bertz CT molecular complexity index is 976. The summed E-state index contributed by atoms with van der Waals surface area (Å²) in [5, 5.41) is 14.3. The molecule has 1 aromatic carbocycles. The predicted octanol–water partition coefficient (Wildman–Crippen LogP) is 4.58. The lowest BCUT2D eigenvalue weighted by atomic mass is 9.86. The van der Waals surface area contributed by atoms with Crippen LogP contribution < -0.4 is 14.8 Å². The van der Waals surface area contributed by atoms with Gasteiger partial charge in [0.2, 0.25) is 0 Å². The third-order valence-corrected chi connectivity index (χ3v) is 6.07. The zero-order chi connectivity index (χ0) is 21.5. The number of benzene rings is 1. The van der Waals surface area contributed by atoms with Crippen LogP contribution in [0.2, 0.25) is 0 Å². The number of carbonyl (C=O) groups is 2. The number of nitriles is 1. The second-order valence-corrected chi connectivity index (χ2v) is 8.24. The summed E-state index contributed by atoms with van der Waals surface area (Å²) in [6.45, 7) is 2.13. The number of rotatable bonds is 6. The van der Waals surface area contributed by atoms with E-state index in [-0.39, 0.29) is 23.3 Å². The number of ether oxygens (including phenoxy) is 2. The number of nitrogens with one attached hydrogen (secondary N) is 1. The molecule has 1 fully saturated rings.